The highest BCUT2D eigenvalue weighted by Crippen LogP contribution is 2.37. The fraction of sp³-hybridized carbons (Fsp3) is 0.227. The number of alkyl halides is 3. The van der Waals surface area contributed by atoms with Crippen molar-refractivity contribution in [3.8, 4) is 11.1 Å². The fourth-order valence-electron chi connectivity index (χ4n) is 3.24. The van der Waals surface area contributed by atoms with Gasteiger partial charge in [-0.15, -0.1) is 0 Å². The number of benzene rings is 2. The van der Waals surface area contributed by atoms with Crippen LogP contribution >= 0.6 is 11.6 Å². The normalized spacial score (nSPS) is 12.0. The predicted molar refractivity (Wildman–Crippen MR) is 117 cm³/mol. The maximum absolute atomic E-state index is 13.9. The van der Waals surface area contributed by atoms with Gasteiger partial charge in [-0.2, -0.15) is 13.2 Å². The molecule has 1 heterocycles. The van der Waals surface area contributed by atoms with Crippen LogP contribution in [0.5, 0.6) is 0 Å². The van der Waals surface area contributed by atoms with Gasteiger partial charge in [-0.25, -0.2) is 8.42 Å². The van der Waals surface area contributed by atoms with E-state index in [9.17, 15) is 26.4 Å². The van der Waals surface area contributed by atoms with Crippen LogP contribution in [-0.4, -0.2) is 37.4 Å². The van der Waals surface area contributed by atoms with Gasteiger partial charge in [0.1, 0.15) is 21.2 Å². The summed E-state index contributed by atoms with van der Waals surface area (Å²) in [5.74, 6) is -1.13. The zero-order valence-corrected chi connectivity index (χ0v) is 18.6. The summed E-state index contributed by atoms with van der Waals surface area (Å²) in [6, 6.07) is 15.5. The van der Waals surface area contributed by atoms with E-state index >= 15 is 0 Å². The van der Waals surface area contributed by atoms with Gasteiger partial charge >= 0.3 is 6.18 Å². The molecule has 170 valence electrons. The highest BCUT2D eigenvalue weighted by Gasteiger charge is 2.38. The third kappa shape index (κ3) is 5.92. The van der Waals surface area contributed by atoms with Gasteiger partial charge in [-0.1, -0.05) is 54.1 Å². The van der Waals surface area contributed by atoms with E-state index in [4.69, 9.17) is 11.6 Å². The Morgan fingerprint density at radius 1 is 1.06 bits per heavy atom. The summed E-state index contributed by atoms with van der Waals surface area (Å²) in [4.78, 5) is 13.0. The highest BCUT2D eigenvalue weighted by molar-refractivity contribution is 7.90. The van der Waals surface area contributed by atoms with Gasteiger partial charge in [0.15, 0.2) is 0 Å². The number of carbonyl (C=O) groups is 1. The summed E-state index contributed by atoms with van der Waals surface area (Å²) in [6.45, 7) is -0.423. The maximum Gasteiger partial charge on any atom is 0.431 e. The van der Waals surface area contributed by atoms with E-state index in [1.807, 2.05) is 0 Å². The molecular weight excluding hydrogens is 465 g/mol. The summed E-state index contributed by atoms with van der Waals surface area (Å²) in [5, 5.41) is 2.83. The first-order valence-electron chi connectivity index (χ1n) is 9.52. The van der Waals surface area contributed by atoms with Crippen LogP contribution in [0.25, 0.3) is 11.1 Å². The van der Waals surface area contributed by atoms with E-state index in [2.05, 4.69) is 5.32 Å². The summed E-state index contributed by atoms with van der Waals surface area (Å²) in [7, 11) is -3.36. The molecule has 0 atom stereocenters. The number of rotatable bonds is 7. The Kier molecular flexibility index (Phi) is 7.00. The van der Waals surface area contributed by atoms with Crippen LogP contribution in [0.4, 0.5) is 13.2 Å². The highest BCUT2D eigenvalue weighted by atomic mass is 35.5. The summed E-state index contributed by atoms with van der Waals surface area (Å²) < 4.78 is 65.5. The number of hydrogen-bond donors (Lipinski definition) is 1. The Morgan fingerprint density at radius 2 is 1.69 bits per heavy atom. The second-order valence-electron chi connectivity index (χ2n) is 7.25. The standard InChI is InChI=1S/C22H20ClF3N2O3S/c1-32(30,31)12-11-27-21(29)20-18(16-7-9-17(23)10-8-16)13-19(22(24,25)26)28(20)14-15-5-3-2-4-6-15/h2-10,13H,11-12,14H2,1H3,(H,27,29). The minimum Gasteiger partial charge on any atom is -0.350 e. The summed E-state index contributed by atoms with van der Waals surface area (Å²) >= 11 is 5.91. The quantitative estimate of drug-likeness (QED) is 0.531. The van der Waals surface area contributed by atoms with E-state index < -0.39 is 27.6 Å². The molecule has 0 aliphatic heterocycles. The van der Waals surface area contributed by atoms with Gasteiger partial charge in [0.2, 0.25) is 0 Å². The lowest BCUT2D eigenvalue weighted by Gasteiger charge is -2.16. The Morgan fingerprint density at radius 3 is 2.25 bits per heavy atom. The number of hydrogen-bond acceptors (Lipinski definition) is 3. The van der Waals surface area contributed by atoms with E-state index in [1.54, 1.807) is 30.3 Å². The molecule has 0 aliphatic rings. The van der Waals surface area contributed by atoms with Crippen molar-refractivity contribution in [2.75, 3.05) is 18.6 Å². The summed E-state index contributed by atoms with van der Waals surface area (Å²) in [6.07, 6.45) is -3.71. The molecule has 0 saturated heterocycles. The maximum atomic E-state index is 13.9. The molecule has 0 fully saturated rings. The number of halogens is 4. The smallest absolute Gasteiger partial charge is 0.350 e. The van der Waals surface area contributed by atoms with Gasteiger partial charge in [-0.05, 0) is 29.3 Å². The van der Waals surface area contributed by atoms with Crippen molar-refractivity contribution in [1.29, 1.82) is 0 Å². The molecule has 1 N–H and O–H groups in total. The van der Waals surface area contributed by atoms with Crippen molar-refractivity contribution in [3.05, 3.63) is 82.6 Å². The fourth-order valence-corrected chi connectivity index (χ4v) is 3.84. The second-order valence-corrected chi connectivity index (χ2v) is 9.95. The molecule has 0 saturated carbocycles. The van der Waals surface area contributed by atoms with Crippen molar-refractivity contribution < 1.29 is 26.4 Å². The Bertz CT molecular complexity index is 1210. The number of aromatic nitrogens is 1. The van der Waals surface area contributed by atoms with Crippen LogP contribution in [0.1, 0.15) is 21.7 Å². The third-order valence-corrected chi connectivity index (χ3v) is 5.90. The van der Waals surface area contributed by atoms with Gasteiger partial charge in [0.05, 0.1) is 5.75 Å². The largest absolute Gasteiger partial charge is 0.431 e. The van der Waals surface area contributed by atoms with Crippen LogP contribution in [-0.2, 0) is 22.6 Å². The molecule has 0 unspecified atom stereocenters. The van der Waals surface area contributed by atoms with E-state index in [-0.39, 0.29) is 30.1 Å². The minimum atomic E-state index is -4.72. The first-order chi connectivity index (χ1) is 15.0. The molecule has 10 heteroatoms. The minimum absolute atomic E-state index is 0.0711. The number of sulfone groups is 1. The first-order valence-corrected chi connectivity index (χ1v) is 12.0. The SMILES string of the molecule is CS(=O)(=O)CCNC(=O)c1c(-c2ccc(Cl)cc2)cc(C(F)(F)F)n1Cc1ccccc1. The first kappa shape index (κ1) is 23.9. The molecule has 0 bridgehead atoms. The molecule has 1 amide bonds. The Hall–Kier alpha value is -2.78. The van der Waals surface area contributed by atoms with E-state index in [0.29, 0.717) is 16.1 Å². The van der Waals surface area contributed by atoms with E-state index in [1.165, 1.54) is 24.3 Å². The molecule has 0 radical (unpaired) electrons. The van der Waals surface area contributed by atoms with Crippen LogP contribution < -0.4 is 5.32 Å². The van der Waals surface area contributed by atoms with Crippen molar-refractivity contribution in [2.45, 2.75) is 12.7 Å². The lowest BCUT2D eigenvalue weighted by atomic mass is 10.1. The Balaban J connectivity index is 2.15. The van der Waals surface area contributed by atoms with Crippen LogP contribution in [0, 0.1) is 0 Å². The molecule has 3 rings (SSSR count). The lowest BCUT2D eigenvalue weighted by molar-refractivity contribution is -0.143. The molecule has 0 aliphatic carbocycles. The van der Waals surface area contributed by atoms with Crippen molar-refractivity contribution in [1.82, 2.24) is 9.88 Å². The number of carbonyl (C=O) groups excluding carboxylic acids is 1. The lowest BCUT2D eigenvalue weighted by Crippen LogP contribution is -2.31. The van der Waals surface area contributed by atoms with Crippen LogP contribution in [0.15, 0.2) is 60.7 Å². The molecule has 32 heavy (non-hydrogen) atoms. The van der Waals surface area contributed by atoms with Gasteiger partial charge < -0.3 is 9.88 Å². The third-order valence-electron chi connectivity index (χ3n) is 4.70. The molecule has 5 nitrogen and oxygen atoms in total. The van der Waals surface area contributed by atoms with Gasteiger partial charge in [0, 0.05) is 29.9 Å². The summed E-state index contributed by atoms with van der Waals surface area (Å²) in [5.41, 5.74) is -0.181. The van der Waals surface area contributed by atoms with E-state index in [0.717, 1.165) is 16.9 Å². The molecular formula is C22H20ClF3N2O3S. The van der Waals surface area contributed by atoms with Crippen molar-refractivity contribution in [2.24, 2.45) is 0 Å². The molecule has 3 aromatic rings. The molecule has 2 aromatic carbocycles. The Labute approximate surface area is 188 Å². The van der Waals surface area contributed by atoms with Crippen molar-refractivity contribution >= 4 is 27.3 Å². The van der Waals surface area contributed by atoms with Gasteiger partial charge in [-0.3, -0.25) is 4.79 Å². The zero-order chi connectivity index (χ0) is 23.5. The predicted octanol–water partition coefficient (Wildman–Crippen LogP) is 4.65. The molecule has 1 aromatic heterocycles. The van der Waals surface area contributed by atoms with Crippen molar-refractivity contribution in [3.63, 3.8) is 0 Å². The van der Waals surface area contributed by atoms with Crippen LogP contribution in [0.2, 0.25) is 5.02 Å². The average Bonchev–Trinajstić information content (AvgIpc) is 3.08. The second kappa shape index (κ2) is 9.38. The van der Waals surface area contributed by atoms with Crippen LogP contribution in [0.3, 0.4) is 0 Å². The monoisotopic (exact) mass is 484 g/mol. The zero-order valence-electron chi connectivity index (χ0n) is 17.0. The number of nitrogens with one attached hydrogen (secondary N) is 1. The van der Waals surface area contributed by atoms with Gasteiger partial charge in [0.25, 0.3) is 5.91 Å². The topological polar surface area (TPSA) is 68.2 Å². The number of nitrogens with zero attached hydrogens (tertiary/aromatic N) is 1. The molecule has 0 spiro atoms. The number of amides is 1. The average molecular weight is 485 g/mol.